The van der Waals surface area contributed by atoms with E-state index in [0.717, 1.165) is 44.8 Å². The second kappa shape index (κ2) is 6.48. The van der Waals surface area contributed by atoms with Gasteiger partial charge in [0.1, 0.15) is 5.75 Å². The normalized spacial score (nSPS) is 24.7. The Bertz CT molecular complexity index is 469. The van der Waals surface area contributed by atoms with Gasteiger partial charge in [0.15, 0.2) is 0 Å². The van der Waals surface area contributed by atoms with Gasteiger partial charge in [0, 0.05) is 31.5 Å². The lowest BCUT2D eigenvalue weighted by Crippen LogP contribution is -2.33. The van der Waals surface area contributed by atoms with Gasteiger partial charge in [-0.1, -0.05) is 18.2 Å². The first-order valence-corrected chi connectivity index (χ1v) is 7.94. The molecule has 0 saturated carbocycles. The minimum atomic E-state index is 0.287. The lowest BCUT2D eigenvalue weighted by Gasteiger charge is -2.22. The highest BCUT2D eigenvalue weighted by molar-refractivity contribution is 5.76. The molecule has 1 spiro atoms. The predicted molar refractivity (Wildman–Crippen MR) is 82.3 cm³/mol. The Hall–Kier alpha value is -1.55. The Morgan fingerprint density at radius 1 is 1.29 bits per heavy atom. The minimum absolute atomic E-state index is 0.287. The van der Waals surface area contributed by atoms with Gasteiger partial charge >= 0.3 is 0 Å². The maximum Gasteiger partial charge on any atom is 0.222 e. The van der Waals surface area contributed by atoms with Crippen molar-refractivity contribution in [3.63, 3.8) is 0 Å². The summed E-state index contributed by atoms with van der Waals surface area (Å²) < 4.78 is 5.63. The highest BCUT2D eigenvalue weighted by Crippen LogP contribution is 2.36. The van der Waals surface area contributed by atoms with Crippen LogP contribution in [0.5, 0.6) is 5.75 Å². The molecule has 21 heavy (non-hydrogen) atoms. The topological polar surface area (TPSA) is 41.6 Å². The molecule has 2 aliphatic heterocycles. The lowest BCUT2D eigenvalue weighted by molar-refractivity contribution is -0.130. The van der Waals surface area contributed by atoms with E-state index in [1.807, 2.05) is 30.3 Å². The Balaban J connectivity index is 1.37. The van der Waals surface area contributed by atoms with Crippen LogP contribution >= 0.6 is 0 Å². The number of benzene rings is 1. The largest absolute Gasteiger partial charge is 0.494 e. The average molecular weight is 288 g/mol. The summed E-state index contributed by atoms with van der Waals surface area (Å²) in [4.78, 5) is 14.3. The maximum absolute atomic E-state index is 12.2. The zero-order valence-corrected chi connectivity index (χ0v) is 12.5. The van der Waals surface area contributed by atoms with E-state index in [-0.39, 0.29) is 5.91 Å². The molecule has 4 nitrogen and oxygen atoms in total. The van der Waals surface area contributed by atoms with Crippen LogP contribution in [0.4, 0.5) is 0 Å². The first-order valence-electron chi connectivity index (χ1n) is 7.94. The summed E-state index contributed by atoms with van der Waals surface area (Å²) in [7, 11) is 0. The van der Waals surface area contributed by atoms with E-state index < -0.39 is 0 Å². The van der Waals surface area contributed by atoms with Crippen LogP contribution in [0.25, 0.3) is 0 Å². The number of amides is 1. The first-order chi connectivity index (χ1) is 10.3. The predicted octanol–water partition coefficient (Wildman–Crippen LogP) is 2.06. The molecule has 2 heterocycles. The Morgan fingerprint density at radius 3 is 2.90 bits per heavy atom. The number of ether oxygens (including phenoxy) is 1. The Kier molecular flexibility index (Phi) is 4.44. The maximum atomic E-state index is 12.2. The number of hydrogen-bond donors (Lipinski definition) is 1. The SMILES string of the molecule is O=C(CCCOc1ccccc1)N1CCC2(CCNC2)C1. The standard InChI is InChI=1S/C17H24N2O2/c20-16(7-4-12-21-15-5-2-1-3-6-15)19-11-9-17(14-19)8-10-18-13-17/h1-3,5-6,18H,4,7-14H2. The molecule has 2 aliphatic rings. The fourth-order valence-corrected chi connectivity index (χ4v) is 3.38. The van der Waals surface area contributed by atoms with Crippen LogP contribution in [0.15, 0.2) is 30.3 Å². The van der Waals surface area contributed by atoms with E-state index >= 15 is 0 Å². The quantitative estimate of drug-likeness (QED) is 0.843. The summed E-state index contributed by atoms with van der Waals surface area (Å²) in [6.07, 6.45) is 3.76. The third-order valence-electron chi connectivity index (χ3n) is 4.67. The minimum Gasteiger partial charge on any atom is -0.494 e. The van der Waals surface area contributed by atoms with E-state index in [0.29, 0.717) is 18.4 Å². The molecule has 0 radical (unpaired) electrons. The average Bonchev–Trinajstić information content (AvgIpc) is 3.15. The van der Waals surface area contributed by atoms with Crippen molar-refractivity contribution in [1.29, 1.82) is 0 Å². The van der Waals surface area contributed by atoms with Crippen molar-refractivity contribution in [2.24, 2.45) is 5.41 Å². The second-order valence-electron chi connectivity index (χ2n) is 6.26. The molecule has 1 unspecified atom stereocenters. The van der Waals surface area contributed by atoms with Gasteiger partial charge in [-0.2, -0.15) is 0 Å². The van der Waals surface area contributed by atoms with Crippen LogP contribution in [0.2, 0.25) is 0 Å². The van der Waals surface area contributed by atoms with Crippen molar-refractivity contribution >= 4 is 5.91 Å². The van der Waals surface area contributed by atoms with Crippen molar-refractivity contribution in [3.05, 3.63) is 30.3 Å². The van der Waals surface area contributed by atoms with Crippen molar-refractivity contribution < 1.29 is 9.53 Å². The van der Waals surface area contributed by atoms with Gasteiger partial charge in [-0.05, 0) is 37.9 Å². The second-order valence-corrected chi connectivity index (χ2v) is 6.26. The van der Waals surface area contributed by atoms with E-state index in [1.54, 1.807) is 0 Å². The summed E-state index contributed by atoms with van der Waals surface area (Å²) in [6, 6.07) is 9.77. The third kappa shape index (κ3) is 3.56. The zero-order chi connectivity index (χ0) is 14.5. The molecule has 2 saturated heterocycles. The van der Waals surface area contributed by atoms with E-state index in [4.69, 9.17) is 4.74 Å². The number of hydrogen-bond acceptors (Lipinski definition) is 3. The van der Waals surface area contributed by atoms with Crippen LogP contribution in [0.3, 0.4) is 0 Å². The van der Waals surface area contributed by atoms with E-state index in [9.17, 15) is 4.79 Å². The molecule has 1 N–H and O–H groups in total. The third-order valence-corrected chi connectivity index (χ3v) is 4.67. The van der Waals surface area contributed by atoms with E-state index in [1.165, 1.54) is 6.42 Å². The molecule has 114 valence electrons. The van der Waals surface area contributed by atoms with Crippen LogP contribution < -0.4 is 10.1 Å². The van der Waals surface area contributed by atoms with Crippen LogP contribution in [0.1, 0.15) is 25.7 Å². The van der Waals surface area contributed by atoms with E-state index in [2.05, 4.69) is 10.2 Å². The van der Waals surface area contributed by atoms with Crippen LogP contribution in [-0.4, -0.2) is 43.6 Å². The zero-order valence-electron chi connectivity index (χ0n) is 12.5. The molecule has 2 fully saturated rings. The van der Waals surface area contributed by atoms with Gasteiger partial charge in [-0.25, -0.2) is 0 Å². The summed E-state index contributed by atoms with van der Waals surface area (Å²) in [5.41, 5.74) is 0.371. The first kappa shape index (κ1) is 14.4. The molecule has 0 aromatic heterocycles. The van der Waals surface area contributed by atoms with Gasteiger partial charge in [-0.15, -0.1) is 0 Å². The summed E-state index contributed by atoms with van der Waals surface area (Å²) in [5, 5.41) is 3.43. The molecule has 4 heteroatoms. The van der Waals surface area contributed by atoms with Crippen molar-refractivity contribution in [1.82, 2.24) is 10.2 Å². The molecular weight excluding hydrogens is 264 g/mol. The number of carbonyl (C=O) groups excluding carboxylic acids is 1. The molecule has 1 aromatic rings. The molecule has 0 bridgehead atoms. The highest BCUT2D eigenvalue weighted by atomic mass is 16.5. The van der Waals surface area contributed by atoms with Crippen molar-refractivity contribution in [2.75, 3.05) is 32.8 Å². The molecule has 1 amide bonds. The molecule has 3 rings (SSSR count). The number of carbonyl (C=O) groups is 1. The molecule has 0 aliphatic carbocycles. The van der Waals surface area contributed by atoms with Gasteiger partial charge in [0.25, 0.3) is 0 Å². The summed E-state index contributed by atoms with van der Waals surface area (Å²) in [5.74, 6) is 1.16. The number of likely N-dealkylation sites (tertiary alicyclic amines) is 1. The number of nitrogens with one attached hydrogen (secondary N) is 1. The number of nitrogens with zero attached hydrogens (tertiary/aromatic N) is 1. The fourth-order valence-electron chi connectivity index (χ4n) is 3.38. The van der Waals surface area contributed by atoms with Crippen molar-refractivity contribution in [3.8, 4) is 5.75 Å². The number of para-hydroxylation sites is 1. The highest BCUT2D eigenvalue weighted by Gasteiger charge is 2.41. The van der Waals surface area contributed by atoms with Gasteiger partial charge in [0.05, 0.1) is 6.61 Å². The van der Waals surface area contributed by atoms with Gasteiger partial charge in [0.2, 0.25) is 5.91 Å². The van der Waals surface area contributed by atoms with Crippen LogP contribution in [0, 0.1) is 5.41 Å². The number of rotatable bonds is 5. The lowest BCUT2D eigenvalue weighted by atomic mass is 9.86. The molecule has 1 aromatic carbocycles. The molecule has 1 atom stereocenters. The summed E-state index contributed by atoms with van der Waals surface area (Å²) in [6.45, 7) is 4.66. The summed E-state index contributed by atoms with van der Waals surface area (Å²) >= 11 is 0. The monoisotopic (exact) mass is 288 g/mol. The smallest absolute Gasteiger partial charge is 0.222 e. The van der Waals surface area contributed by atoms with Crippen LogP contribution in [-0.2, 0) is 4.79 Å². The fraction of sp³-hybridized carbons (Fsp3) is 0.588. The van der Waals surface area contributed by atoms with Crippen molar-refractivity contribution in [2.45, 2.75) is 25.7 Å². The Labute approximate surface area is 126 Å². The van der Waals surface area contributed by atoms with Gasteiger partial charge in [-0.3, -0.25) is 4.79 Å². The molecular formula is C17H24N2O2. The Morgan fingerprint density at radius 2 is 2.14 bits per heavy atom. The van der Waals surface area contributed by atoms with Gasteiger partial charge < -0.3 is 15.0 Å².